The number of aromatic amines is 1. The van der Waals surface area contributed by atoms with Crippen LogP contribution in [0.25, 0.3) is 11.0 Å². The summed E-state index contributed by atoms with van der Waals surface area (Å²) in [5, 5.41) is 11.7. The number of nitrogens with zero attached hydrogens (tertiary/aromatic N) is 2. The van der Waals surface area contributed by atoms with Crippen LogP contribution in [-0.2, 0) is 12.8 Å². The zero-order valence-corrected chi connectivity index (χ0v) is 21.5. The van der Waals surface area contributed by atoms with Gasteiger partial charge in [-0.2, -0.15) is 0 Å². The topological polar surface area (TPSA) is 70.6 Å². The molecule has 2 N–H and O–H groups in total. The van der Waals surface area contributed by atoms with Gasteiger partial charge in [0.2, 0.25) is 0 Å². The molecule has 2 aromatic carbocycles. The maximum atomic E-state index is 13.8. The summed E-state index contributed by atoms with van der Waals surface area (Å²) < 4.78 is 24.7. The third kappa shape index (κ3) is 5.31. The number of nitrogens with one attached hydrogen (secondary N) is 1. The van der Waals surface area contributed by atoms with Crippen LogP contribution in [0.5, 0.6) is 11.5 Å². The van der Waals surface area contributed by atoms with Crippen LogP contribution in [0.15, 0.2) is 30.3 Å². The minimum Gasteiger partial charge on any atom is -0.494 e. The molecule has 1 aromatic heterocycles. The van der Waals surface area contributed by atoms with Gasteiger partial charge in [0.15, 0.2) is 0 Å². The summed E-state index contributed by atoms with van der Waals surface area (Å²) in [5.74, 6) is 2.48. The highest BCUT2D eigenvalue weighted by Crippen LogP contribution is 2.45. The van der Waals surface area contributed by atoms with Crippen LogP contribution in [0.1, 0.15) is 56.0 Å². The molecule has 6 nitrogen and oxygen atoms in total. The highest BCUT2D eigenvalue weighted by Gasteiger charge is 2.43. The summed E-state index contributed by atoms with van der Waals surface area (Å²) in [4.78, 5) is 10.4. The van der Waals surface area contributed by atoms with Crippen molar-refractivity contribution in [2.45, 2.75) is 57.5 Å². The molecule has 1 aliphatic rings. The molecule has 3 aromatic rings. The van der Waals surface area contributed by atoms with Gasteiger partial charge in [-0.15, -0.1) is 0 Å². The maximum absolute atomic E-state index is 13.8. The Kier molecular flexibility index (Phi) is 7.67. The Balaban J connectivity index is 1.35. The third-order valence-corrected chi connectivity index (χ3v) is 7.45. The number of imidazole rings is 1. The average molecular weight is 484 g/mol. The number of fused-ring (bicyclic) bond motifs is 2. The second kappa shape index (κ2) is 10.5. The molecule has 35 heavy (non-hydrogen) atoms. The average Bonchev–Trinajstić information content (AvgIpc) is 3.26. The molecule has 0 spiro atoms. The van der Waals surface area contributed by atoms with Gasteiger partial charge in [-0.3, -0.25) is 0 Å². The van der Waals surface area contributed by atoms with Crippen molar-refractivity contribution >= 4 is 11.0 Å². The largest absolute Gasteiger partial charge is 0.494 e. The van der Waals surface area contributed by atoms with Crippen molar-refractivity contribution in [1.29, 1.82) is 0 Å². The fraction of sp³-hybridized carbons (Fsp3) is 0.536. The monoisotopic (exact) mass is 483 g/mol. The molecule has 0 unspecified atom stereocenters. The fourth-order valence-electron chi connectivity index (χ4n) is 5.71. The standard InChI is InChI=1S/C28H38FN3O3/c1-18(2)25-21-9-8-20(29)17-19(21)12-13-28(25,33)14-16-32(3)15-6-7-24-30-26-22(34-4)10-11-23(35-5)27(26)31-24/h8-11,17-18,25,33H,6-7,12-16H2,1-5H3,(H,30,31)/t25-,28-/m0/s1. The number of hydrogen-bond donors (Lipinski definition) is 2. The summed E-state index contributed by atoms with van der Waals surface area (Å²) in [5.41, 5.74) is 3.01. The Morgan fingerprint density at radius 2 is 1.91 bits per heavy atom. The number of H-pyrrole nitrogens is 1. The number of aryl methyl sites for hydroxylation is 2. The van der Waals surface area contributed by atoms with E-state index >= 15 is 0 Å². The molecule has 0 saturated carbocycles. The van der Waals surface area contributed by atoms with Crippen molar-refractivity contribution in [2.75, 3.05) is 34.4 Å². The second-order valence-electron chi connectivity index (χ2n) is 10.2. The highest BCUT2D eigenvalue weighted by molar-refractivity contribution is 5.87. The van der Waals surface area contributed by atoms with Crippen LogP contribution < -0.4 is 9.47 Å². The molecule has 0 amide bonds. The van der Waals surface area contributed by atoms with E-state index in [1.54, 1.807) is 20.3 Å². The van der Waals surface area contributed by atoms with Crippen LogP contribution in [0, 0.1) is 11.7 Å². The molecular formula is C28H38FN3O3. The first-order valence-electron chi connectivity index (χ1n) is 12.5. The SMILES string of the molecule is COc1ccc(OC)c2[nH]c(CCCN(C)CC[C@@]3(O)CCc4cc(F)ccc4[C@@H]3C(C)C)nc12. The summed E-state index contributed by atoms with van der Waals surface area (Å²) in [6.07, 6.45) is 3.83. The number of halogens is 1. The molecule has 0 fully saturated rings. The van der Waals surface area contributed by atoms with E-state index in [0.29, 0.717) is 12.8 Å². The number of ether oxygens (including phenoxy) is 2. The molecule has 1 aliphatic carbocycles. The Labute approximate surface area is 207 Å². The quantitative estimate of drug-likeness (QED) is 0.420. The molecule has 0 radical (unpaired) electrons. The molecule has 0 bridgehead atoms. The van der Waals surface area contributed by atoms with Crippen LogP contribution in [-0.4, -0.2) is 59.9 Å². The van der Waals surface area contributed by atoms with Gasteiger partial charge in [0.25, 0.3) is 0 Å². The number of rotatable bonds is 10. The van der Waals surface area contributed by atoms with Gasteiger partial charge in [0.05, 0.1) is 19.8 Å². The van der Waals surface area contributed by atoms with E-state index in [1.165, 1.54) is 6.07 Å². The predicted octanol–water partition coefficient (Wildman–Crippen LogP) is 5.09. The van der Waals surface area contributed by atoms with E-state index in [9.17, 15) is 9.50 Å². The summed E-state index contributed by atoms with van der Waals surface area (Å²) >= 11 is 0. The number of benzene rings is 2. The summed E-state index contributed by atoms with van der Waals surface area (Å²) in [7, 11) is 5.40. The zero-order chi connectivity index (χ0) is 25.2. The van der Waals surface area contributed by atoms with E-state index in [4.69, 9.17) is 14.5 Å². The van der Waals surface area contributed by atoms with Gasteiger partial charge >= 0.3 is 0 Å². The zero-order valence-electron chi connectivity index (χ0n) is 21.5. The van der Waals surface area contributed by atoms with E-state index in [-0.39, 0.29) is 17.7 Å². The molecule has 190 valence electrons. The lowest BCUT2D eigenvalue weighted by Crippen LogP contribution is -2.45. The van der Waals surface area contributed by atoms with Gasteiger partial charge in [-0.25, -0.2) is 9.37 Å². The Morgan fingerprint density at radius 3 is 2.63 bits per heavy atom. The third-order valence-electron chi connectivity index (χ3n) is 7.45. The van der Waals surface area contributed by atoms with Crippen LogP contribution in [0.4, 0.5) is 4.39 Å². The molecule has 0 saturated heterocycles. The fourth-order valence-corrected chi connectivity index (χ4v) is 5.71. The first-order valence-corrected chi connectivity index (χ1v) is 12.5. The molecule has 2 atom stereocenters. The van der Waals surface area contributed by atoms with Crippen LogP contribution in [0.2, 0.25) is 0 Å². The van der Waals surface area contributed by atoms with E-state index in [1.807, 2.05) is 18.2 Å². The maximum Gasteiger partial charge on any atom is 0.146 e. The molecule has 0 aliphatic heterocycles. The van der Waals surface area contributed by atoms with Crippen molar-refractivity contribution in [1.82, 2.24) is 14.9 Å². The van der Waals surface area contributed by atoms with Gasteiger partial charge in [-0.05, 0) is 80.6 Å². The molecule has 4 rings (SSSR count). The smallest absolute Gasteiger partial charge is 0.146 e. The van der Waals surface area contributed by atoms with Crippen molar-refractivity contribution in [3.8, 4) is 11.5 Å². The first kappa shape index (κ1) is 25.5. The number of methoxy groups -OCH3 is 2. The minimum absolute atomic E-state index is 0.0146. The minimum atomic E-state index is -0.779. The second-order valence-corrected chi connectivity index (χ2v) is 10.2. The van der Waals surface area contributed by atoms with Crippen molar-refractivity contribution in [2.24, 2.45) is 5.92 Å². The lowest BCUT2D eigenvalue weighted by molar-refractivity contribution is -0.0301. The van der Waals surface area contributed by atoms with E-state index in [2.05, 4.69) is 30.8 Å². The van der Waals surface area contributed by atoms with Gasteiger partial charge in [0.1, 0.15) is 34.2 Å². The van der Waals surface area contributed by atoms with Gasteiger partial charge in [-0.1, -0.05) is 19.9 Å². The first-order chi connectivity index (χ1) is 16.8. The van der Waals surface area contributed by atoms with Crippen LogP contribution >= 0.6 is 0 Å². The summed E-state index contributed by atoms with van der Waals surface area (Å²) in [6, 6.07) is 8.79. The lowest BCUT2D eigenvalue weighted by Gasteiger charge is -2.44. The Morgan fingerprint density at radius 1 is 1.17 bits per heavy atom. The number of aromatic nitrogens is 2. The van der Waals surface area contributed by atoms with Gasteiger partial charge in [0, 0.05) is 18.9 Å². The van der Waals surface area contributed by atoms with E-state index in [0.717, 1.165) is 71.8 Å². The van der Waals surface area contributed by atoms with Crippen LogP contribution in [0.3, 0.4) is 0 Å². The number of aliphatic hydroxyl groups is 1. The number of hydrogen-bond acceptors (Lipinski definition) is 5. The van der Waals surface area contributed by atoms with E-state index < -0.39 is 5.60 Å². The Hall–Kier alpha value is -2.64. The van der Waals surface area contributed by atoms with Crippen molar-refractivity contribution < 1.29 is 19.0 Å². The molecule has 1 heterocycles. The Bertz CT molecular complexity index is 1120. The summed E-state index contributed by atoms with van der Waals surface area (Å²) in [6.45, 7) is 6.00. The molecular weight excluding hydrogens is 445 g/mol. The van der Waals surface area contributed by atoms with Crippen molar-refractivity contribution in [3.63, 3.8) is 0 Å². The lowest BCUT2D eigenvalue weighted by atomic mass is 9.66. The molecule has 7 heteroatoms. The van der Waals surface area contributed by atoms with Crippen molar-refractivity contribution in [3.05, 3.63) is 53.1 Å². The highest BCUT2D eigenvalue weighted by atomic mass is 19.1. The normalized spacial score (nSPS) is 20.0. The predicted molar refractivity (Wildman–Crippen MR) is 137 cm³/mol. The van der Waals surface area contributed by atoms with Gasteiger partial charge < -0.3 is 24.5 Å².